The third kappa shape index (κ3) is 2.11. The molecule has 0 aliphatic rings. The third-order valence-corrected chi connectivity index (χ3v) is 3.96. The van der Waals surface area contributed by atoms with Gasteiger partial charge in [0.1, 0.15) is 10.7 Å². The summed E-state index contributed by atoms with van der Waals surface area (Å²) >= 11 is 10.6. The smallest absolute Gasteiger partial charge is 0.339 e. The Labute approximate surface area is 109 Å². The van der Waals surface area contributed by atoms with Gasteiger partial charge in [-0.15, -0.1) is 11.3 Å². The highest BCUT2D eigenvalue weighted by Crippen LogP contribution is 2.33. The van der Waals surface area contributed by atoms with Gasteiger partial charge in [-0.25, -0.2) is 9.78 Å². The normalized spacial score (nSPS) is 10.4. The van der Waals surface area contributed by atoms with Crippen LogP contribution in [0.25, 0.3) is 10.4 Å². The van der Waals surface area contributed by atoms with Crippen LogP contribution in [-0.4, -0.2) is 16.1 Å². The van der Waals surface area contributed by atoms with Gasteiger partial charge in [-0.2, -0.15) is 0 Å². The van der Waals surface area contributed by atoms with Crippen LogP contribution >= 0.6 is 38.9 Å². The van der Waals surface area contributed by atoms with Crippen LogP contribution in [0.5, 0.6) is 0 Å². The SMILES string of the molecule is O=C(O)c1c(-c2cc(Br)cs2)ccnc1Cl. The number of pyridine rings is 1. The second kappa shape index (κ2) is 4.53. The number of nitrogens with zero attached hydrogens (tertiary/aromatic N) is 1. The summed E-state index contributed by atoms with van der Waals surface area (Å²) in [7, 11) is 0. The Morgan fingerprint density at radius 1 is 1.56 bits per heavy atom. The number of hydrogen-bond acceptors (Lipinski definition) is 3. The van der Waals surface area contributed by atoms with Gasteiger partial charge in [0, 0.05) is 26.5 Å². The summed E-state index contributed by atoms with van der Waals surface area (Å²) in [6.07, 6.45) is 1.50. The molecule has 0 aliphatic heterocycles. The van der Waals surface area contributed by atoms with Crippen molar-refractivity contribution in [2.24, 2.45) is 0 Å². The number of hydrogen-bond donors (Lipinski definition) is 1. The van der Waals surface area contributed by atoms with Gasteiger partial charge >= 0.3 is 5.97 Å². The maximum atomic E-state index is 11.1. The minimum atomic E-state index is -1.07. The van der Waals surface area contributed by atoms with E-state index in [4.69, 9.17) is 16.7 Å². The fourth-order valence-corrected chi connectivity index (χ4v) is 3.00. The van der Waals surface area contributed by atoms with Crippen LogP contribution in [0, 0.1) is 0 Å². The number of halogens is 2. The van der Waals surface area contributed by atoms with E-state index >= 15 is 0 Å². The molecule has 16 heavy (non-hydrogen) atoms. The molecular weight excluding hydrogens is 314 g/mol. The van der Waals surface area contributed by atoms with Crippen molar-refractivity contribution in [2.45, 2.75) is 0 Å². The Morgan fingerprint density at radius 2 is 2.31 bits per heavy atom. The fraction of sp³-hybridized carbons (Fsp3) is 0. The summed E-state index contributed by atoms with van der Waals surface area (Å²) in [4.78, 5) is 15.7. The molecule has 0 spiro atoms. The lowest BCUT2D eigenvalue weighted by atomic mass is 10.1. The van der Waals surface area contributed by atoms with E-state index < -0.39 is 5.97 Å². The van der Waals surface area contributed by atoms with E-state index in [1.807, 2.05) is 11.4 Å². The van der Waals surface area contributed by atoms with Crippen molar-refractivity contribution in [1.29, 1.82) is 0 Å². The van der Waals surface area contributed by atoms with E-state index in [0.29, 0.717) is 5.56 Å². The quantitative estimate of drug-likeness (QED) is 0.854. The molecule has 2 aromatic heterocycles. The number of rotatable bonds is 2. The van der Waals surface area contributed by atoms with Crippen molar-refractivity contribution in [2.75, 3.05) is 0 Å². The predicted octanol–water partition coefficient (Wildman–Crippen LogP) is 3.92. The topological polar surface area (TPSA) is 50.2 Å². The first kappa shape index (κ1) is 11.6. The zero-order valence-corrected chi connectivity index (χ0v) is 10.9. The maximum absolute atomic E-state index is 11.1. The number of aromatic carboxylic acids is 1. The first-order valence-corrected chi connectivity index (χ1v) is 6.27. The average Bonchev–Trinajstić information content (AvgIpc) is 2.63. The zero-order chi connectivity index (χ0) is 11.7. The Bertz CT molecular complexity index is 556. The van der Waals surface area contributed by atoms with Gasteiger partial charge in [0.25, 0.3) is 0 Å². The van der Waals surface area contributed by atoms with Gasteiger partial charge in [0.2, 0.25) is 0 Å². The molecule has 0 aromatic carbocycles. The van der Waals surface area contributed by atoms with E-state index in [-0.39, 0.29) is 10.7 Å². The molecular formula is C10H5BrClNO2S. The summed E-state index contributed by atoms with van der Waals surface area (Å²) in [6.45, 7) is 0. The first-order valence-electron chi connectivity index (χ1n) is 4.22. The minimum absolute atomic E-state index is 0.00882. The molecule has 0 amide bonds. The van der Waals surface area contributed by atoms with Gasteiger partial charge in [-0.3, -0.25) is 0 Å². The van der Waals surface area contributed by atoms with Crippen LogP contribution in [0.1, 0.15) is 10.4 Å². The van der Waals surface area contributed by atoms with E-state index in [0.717, 1.165) is 9.35 Å². The minimum Gasteiger partial charge on any atom is -0.478 e. The van der Waals surface area contributed by atoms with Crippen LogP contribution in [-0.2, 0) is 0 Å². The summed E-state index contributed by atoms with van der Waals surface area (Å²) in [5.74, 6) is -1.07. The summed E-state index contributed by atoms with van der Waals surface area (Å²) in [5.41, 5.74) is 0.627. The first-order chi connectivity index (χ1) is 7.59. The molecule has 1 N–H and O–H groups in total. The molecule has 2 rings (SSSR count). The van der Waals surface area contributed by atoms with Gasteiger partial charge in [0.15, 0.2) is 0 Å². The monoisotopic (exact) mass is 317 g/mol. The molecule has 0 radical (unpaired) electrons. The Balaban J connectivity index is 2.65. The number of carboxylic acid groups (broad SMARTS) is 1. The van der Waals surface area contributed by atoms with Crippen molar-refractivity contribution in [3.8, 4) is 10.4 Å². The van der Waals surface area contributed by atoms with Crippen LogP contribution in [0.4, 0.5) is 0 Å². The predicted molar refractivity (Wildman–Crippen MR) is 67.2 cm³/mol. The van der Waals surface area contributed by atoms with E-state index in [2.05, 4.69) is 20.9 Å². The van der Waals surface area contributed by atoms with Crippen LogP contribution < -0.4 is 0 Å². The Morgan fingerprint density at radius 3 is 2.88 bits per heavy atom. The number of carbonyl (C=O) groups is 1. The molecule has 0 saturated carbocycles. The Kier molecular flexibility index (Phi) is 3.28. The number of aromatic nitrogens is 1. The van der Waals surface area contributed by atoms with E-state index in [9.17, 15) is 4.79 Å². The molecule has 0 bridgehead atoms. The second-order valence-corrected chi connectivity index (χ2v) is 5.14. The number of thiophene rings is 1. The Hall–Kier alpha value is -0.910. The largest absolute Gasteiger partial charge is 0.478 e. The van der Waals surface area contributed by atoms with Gasteiger partial charge in [-0.1, -0.05) is 11.6 Å². The van der Waals surface area contributed by atoms with E-state index in [1.54, 1.807) is 6.07 Å². The summed E-state index contributed by atoms with van der Waals surface area (Å²) in [5, 5.41) is 11.0. The molecule has 2 heterocycles. The molecule has 0 unspecified atom stereocenters. The van der Waals surface area contributed by atoms with Crippen molar-refractivity contribution < 1.29 is 9.90 Å². The fourth-order valence-electron chi connectivity index (χ4n) is 1.30. The van der Waals surface area contributed by atoms with Crippen molar-refractivity contribution in [3.63, 3.8) is 0 Å². The lowest BCUT2D eigenvalue weighted by Crippen LogP contribution is -2.01. The average molecular weight is 319 g/mol. The van der Waals surface area contributed by atoms with Crippen LogP contribution in [0.2, 0.25) is 5.15 Å². The van der Waals surface area contributed by atoms with Gasteiger partial charge in [-0.05, 0) is 28.1 Å². The lowest BCUT2D eigenvalue weighted by molar-refractivity contribution is 0.0697. The highest BCUT2D eigenvalue weighted by molar-refractivity contribution is 9.10. The van der Waals surface area contributed by atoms with Crippen molar-refractivity contribution >= 4 is 44.8 Å². The molecule has 82 valence electrons. The molecule has 2 aromatic rings. The maximum Gasteiger partial charge on any atom is 0.339 e. The standard InChI is InChI=1S/C10H5BrClNO2S/c11-5-3-7(16-4-5)6-1-2-13-9(12)8(6)10(14)15/h1-4H,(H,14,15). The highest BCUT2D eigenvalue weighted by Gasteiger charge is 2.17. The third-order valence-electron chi connectivity index (χ3n) is 1.95. The summed E-state index contributed by atoms with van der Waals surface area (Å²) < 4.78 is 0.914. The van der Waals surface area contributed by atoms with E-state index in [1.165, 1.54) is 17.5 Å². The number of carboxylic acids is 1. The molecule has 0 fully saturated rings. The molecule has 6 heteroatoms. The molecule has 0 saturated heterocycles. The molecule has 3 nitrogen and oxygen atoms in total. The molecule has 0 atom stereocenters. The van der Waals surface area contributed by atoms with Crippen molar-refractivity contribution in [1.82, 2.24) is 4.98 Å². The van der Waals surface area contributed by atoms with Gasteiger partial charge < -0.3 is 5.11 Å². The van der Waals surface area contributed by atoms with Gasteiger partial charge in [0.05, 0.1) is 0 Å². The zero-order valence-electron chi connectivity index (χ0n) is 7.78. The summed E-state index contributed by atoms with van der Waals surface area (Å²) in [6, 6.07) is 3.50. The van der Waals surface area contributed by atoms with Crippen LogP contribution in [0.15, 0.2) is 28.2 Å². The van der Waals surface area contributed by atoms with Crippen molar-refractivity contribution in [3.05, 3.63) is 38.9 Å². The molecule has 0 aliphatic carbocycles. The lowest BCUT2D eigenvalue weighted by Gasteiger charge is -2.04. The second-order valence-electron chi connectivity index (χ2n) is 2.96. The highest BCUT2D eigenvalue weighted by atomic mass is 79.9. The van der Waals surface area contributed by atoms with Crippen LogP contribution in [0.3, 0.4) is 0 Å².